The molecule has 2 aromatic rings. The maximum atomic E-state index is 12.1. The molecule has 0 fully saturated rings. The Labute approximate surface area is 123 Å². The highest BCUT2D eigenvalue weighted by Gasteiger charge is 2.34. The molecule has 1 aliphatic heterocycles. The second-order valence-electron chi connectivity index (χ2n) is 5.72. The fourth-order valence-corrected chi connectivity index (χ4v) is 3.47. The largest absolute Gasteiger partial charge is 0.356 e. The highest BCUT2D eigenvalue weighted by Crippen LogP contribution is 2.38. The van der Waals surface area contributed by atoms with Crippen molar-refractivity contribution in [2.75, 3.05) is 12.4 Å². The Hall–Kier alpha value is -1.48. The van der Waals surface area contributed by atoms with Gasteiger partial charge in [-0.2, -0.15) is 0 Å². The van der Waals surface area contributed by atoms with Crippen molar-refractivity contribution in [2.45, 2.75) is 26.3 Å². The molecule has 0 aliphatic carbocycles. The van der Waals surface area contributed by atoms with Gasteiger partial charge in [-0.25, -0.2) is 0 Å². The molecular weight excluding hydrogens is 272 g/mol. The molecule has 106 valence electrons. The van der Waals surface area contributed by atoms with Crippen molar-refractivity contribution in [2.24, 2.45) is 5.92 Å². The monoisotopic (exact) mass is 290 g/mol. The standard InChI is InChI=1S/C16H19ClN2O/c1-10(2)16-15-12(7-8-19(16)14(20)9-17)11-5-3-4-6-13(11)18-15/h3-6,10,16,18H,7-9H2,1-2H3/t16-/m1/s1. The van der Waals surface area contributed by atoms with E-state index in [2.05, 4.69) is 37.0 Å². The first-order valence-corrected chi connectivity index (χ1v) is 7.62. The van der Waals surface area contributed by atoms with Crippen LogP contribution in [-0.2, 0) is 11.2 Å². The van der Waals surface area contributed by atoms with Crippen LogP contribution in [0.1, 0.15) is 31.1 Å². The summed E-state index contributed by atoms with van der Waals surface area (Å²) in [6.45, 7) is 5.06. The highest BCUT2D eigenvalue weighted by molar-refractivity contribution is 6.27. The van der Waals surface area contributed by atoms with Crippen molar-refractivity contribution in [3.05, 3.63) is 35.5 Å². The smallest absolute Gasteiger partial charge is 0.238 e. The van der Waals surface area contributed by atoms with E-state index in [9.17, 15) is 4.79 Å². The van der Waals surface area contributed by atoms with Crippen LogP contribution in [0.4, 0.5) is 0 Å². The Morgan fingerprint density at radius 2 is 2.20 bits per heavy atom. The number of aromatic nitrogens is 1. The van der Waals surface area contributed by atoms with Gasteiger partial charge in [0, 0.05) is 23.1 Å². The first kappa shape index (κ1) is 13.5. The Kier molecular flexibility index (Phi) is 3.47. The molecule has 1 aliphatic rings. The van der Waals surface area contributed by atoms with E-state index < -0.39 is 0 Å². The van der Waals surface area contributed by atoms with Crippen LogP contribution in [-0.4, -0.2) is 28.2 Å². The molecule has 1 amide bonds. The molecule has 3 nitrogen and oxygen atoms in total. The van der Waals surface area contributed by atoms with Gasteiger partial charge in [-0.05, 0) is 24.0 Å². The number of halogens is 1. The van der Waals surface area contributed by atoms with Crippen LogP contribution in [0.2, 0.25) is 0 Å². The van der Waals surface area contributed by atoms with Crippen molar-refractivity contribution < 1.29 is 4.79 Å². The summed E-state index contributed by atoms with van der Waals surface area (Å²) in [5.41, 5.74) is 3.70. The van der Waals surface area contributed by atoms with Gasteiger partial charge in [0.25, 0.3) is 0 Å². The first-order chi connectivity index (χ1) is 9.63. The summed E-state index contributed by atoms with van der Waals surface area (Å²) < 4.78 is 0. The number of H-pyrrole nitrogens is 1. The predicted molar refractivity (Wildman–Crippen MR) is 82.0 cm³/mol. The number of aromatic amines is 1. The number of fused-ring (bicyclic) bond motifs is 3. The van der Waals surface area contributed by atoms with Crippen LogP contribution >= 0.6 is 11.6 Å². The number of nitrogens with one attached hydrogen (secondary N) is 1. The van der Waals surface area contributed by atoms with Gasteiger partial charge in [-0.3, -0.25) is 4.79 Å². The van der Waals surface area contributed by atoms with Crippen LogP contribution in [0.5, 0.6) is 0 Å². The van der Waals surface area contributed by atoms with Crippen LogP contribution < -0.4 is 0 Å². The fourth-order valence-electron chi connectivity index (χ4n) is 3.32. The second kappa shape index (κ2) is 5.13. The average molecular weight is 291 g/mol. The molecule has 20 heavy (non-hydrogen) atoms. The van der Waals surface area contributed by atoms with E-state index in [0.29, 0.717) is 5.92 Å². The van der Waals surface area contributed by atoms with Gasteiger partial charge in [0.1, 0.15) is 5.88 Å². The number of amides is 1. The number of carbonyl (C=O) groups excluding carboxylic acids is 1. The zero-order valence-electron chi connectivity index (χ0n) is 11.8. The van der Waals surface area contributed by atoms with Crippen LogP contribution in [0, 0.1) is 5.92 Å². The number of hydrogen-bond donors (Lipinski definition) is 1. The fraction of sp³-hybridized carbons (Fsp3) is 0.438. The predicted octanol–water partition coefficient (Wildman–Crippen LogP) is 3.49. The van der Waals surface area contributed by atoms with Crippen molar-refractivity contribution in [3.8, 4) is 0 Å². The van der Waals surface area contributed by atoms with Gasteiger partial charge in [0.15, 0.2) is 0 Å². The first-order valence-electron chi connectivity index (χ1n) is 7.08. The van der Waals surface area contributed by atoms with E-state index >= 15 is 0 Å². The van der Waals surface area contributed by atoms with Gasteiger partial charge in [0.2, 0.25) is 5.91 Å². The molecule has 3 rings (SSSR count). The average Bonchev–Trinajstić information content (AvgIpc) is 2.83. The van der Waals surface area contributed by atoms with E-state index in [1.165, 1.54) is 16.6 Å². The Morgan fingerprint density at radius 1 is 1.45 bits per heavy atom. The number of carbonyl (C=O) groups is 1. The lowest BCUT2D eigenvalue weighted by Gasteiger charge is -2.38. The van der Waals surface area contributed by atoms with Crippen molar-refractivity contribution >= 4 is 28.4 Å². The van der Waals surface area contributed by atoms with Gasteiger partial charge in [0.05, 0.1) is 6.04 Å². The van der Waals surface area contributed by atoms with E-state index in [1.54, 1.807) is 0 Å². The third kappa shape index (κ3) is 2.01. The molecule has 0 radical (unpaired) electrons. The van der Waals surface area contributed by atoms with Crippen molar-refractivity contribution in [1.82, 2.24) is 9.88 Å². The summed E-state index contributed by atoms with van der Waals surface area (Å²) in [5, 5.41) is 1.28. The maximum Gasteiger partial charge on any atom is 0.238 e. The minimum Gasteiger partial charge on any atom is -0.356 e. The molecule has 0 saturated heterocycles. The van der Waals surface area contributed by atoms with Crippen molar-refractivity contribution in [1.29, 1.82) is 0 Å². The third-order valence-electron chi connectivity index (χ3n) is 4.15. The Balaban J connectivity index is 2.13. The molecule has 0 spiro atoms. The molecule has 0 saturated carbocycles. The number of benzene rings is 1. The molecule has 0 unspecified atom stereocenters. The summed E-state index contributed by atoms with van der Waals surface area (Å²) in [6, 6.07) is 8.45. The molecule has 4 heteroatoms. The second-order valence-corrected chi connectivity index (χ2v) is 5.99. The van der Waals surface area contributed by atoms with Crippen LogP contribution in [0.15, 0.2) is 24.3 Å². The topological polar surface area (TPSA) is 36.1 Å². The zero-order chi connectivity index (χ0) is 14.3. The van der Waals surface area contributed by atoms with Gasteiger partial charge in [-0.15, -0.1) is 11.6 Å². The molecule has 0 bridgehead atoms. The van der Waals surface area contributed by atoms with Gasteiger partial charge in [-0.1, -0.05) is 32.0 Å². The molecule has 1 aromatic carbocycles. The van der Waals surface area contributed by atoms with Crippen LogP contribution in [0.3, 0.4) is 0 Å². The summed E-state index contributed by atoms with van der Waals surface area (Å²) in [4.78, 5) is 17.5. The molecular formula is C16H19ClN2O. The van der Waals surface area contributed by atoms with E-state index in [-0.39, 0.29) is 17.8 Å². The zero-order valence-corrected chi connectivity index (χ0v) is 12.6. The van der Waals surface area contributed by atoms with E-state index in [1.807, 2.05) is 11.0 Å². The Bertz CT molecular complexity index is 647. The third-order valence-corrected chi connectivity index (χ3v) is 4.38. The number of nitrogens with zero attached hydrogens (tertiary/aromatic N) is 1. The van der Waals surface area contributed by atoms with E-state index in [4.69, 9.17) is 11.6 Å². The summed E-state index contributed by atoms with van der Waals surface area (Å²) >= 11 is 5.76. The number of para-hydroxylation sites is 1. The lowest BCUT2D eigenvalue weighted by molar-refractivity contribution is -0.132. The molecule has 1 atom stereocenters. The normalized spacial score (nSPS) is 18.6. The lowest BCUT2D eigenvalue weighted by atomic mass is 9.90. The number of alkyl halides is 1. The SMILES string of the molecule is CC(C)[C@@H]1c2[nH]c3ccccc3c2CCN1C(=O)CCl. The molecule has 1 aromatic heterocycles. The lowest BCUT2D eigenvalue weighted by Crippen LogP contribution is -2.42. The van der Waals surface area contributed by atoms with Crippen molar-refractivity contribution in [3.63, 3.8) is 0 Å². The van der Waals surface area contributed by atoms with Gasteiger partial charge >= 0.3 is 0 Å². The highest BCUT2D eigenvalue weighted by atomic mass is 35.5. The minimum absolute atomic E-state index is 0.0228. The van der Waals surface area contributed by atoms with E-state index in [0.717, 1.165) is 18.5 Å². The number of hydrogen-bond acceptors (Lipinski definition) is 1. The summed E-state index contributed by atoms with van der Waals surface area (Å²) in [7, 11) is 0. The minimum atomic E-state index is 0.0228. The summed E-state index contributed by atoms with van der Waals surface area (Å²) in [5.74, 6) is 0.433. The Morgan fingerprint density at radius 3 is 2.90 bits per heavy atom. The maximum absolute atomic E-state index is 12.1. The molecule has 1 N–H and O–H groups in total. The summed E-state index contributed by atoms with van der Waals surface area (Å²) in [6.07, 6.45) is 0.894. The van der Waals surface area contributed by atoms with Crippen LogP contribution in [0.25, 0.3) is 10.9 Å². The van der Waals surface area contributed by atoms with Gasteiger partial charge < -0.3 is 9.88 Å². The number of rotatable bonds is 2. The quantitative estimate of drug-likeness (QED) is 0.845. The molecule has 2 heterocycles.